The van der Waals surface area contributed by atoms with E-state index >= 15 is 0 Å². The molecule has 3 N–H and O–H groups in total. The van der Waals surface area contributed by atoms with Crippen LogP contribution in [-0.4, -0.2) is 70.1 Å². The molecule has 12 heteroatoms. The van der Waals surface area contributed by atoms with Gasteiger partial charge in [0.15, 0.2) is 23.2 Å². The highest BCUT2D eigenvalue weighted by Crippen LogP contribution is 2.52. The molecule has 2 fully saturated rings. The van der Waals surface area contributed by atoms with Crippen LogP contribution in [0, 0.1) is 5.41 Å². The smallest absolute Gasteiger partial charge is 0.408 e. The van der Waals surface area contributed by atoms with Gasteiger partial charge in [-0.15, -0.1) is 5.10 Å². The van der Waals surface area contributed by atoms with Crippen LogP contribution in [0.15, 0.2) is 30.5 Å². The number of aromatic nitrogens is 4. The number of hydrogen-bond donors (Lipinski definition) is 2. The fourth-order valence-corrected chi connectivity index (χ4v) is 6.86. The second kappa shape index (κ2) is 11.5. The van der Waals surface area contributed by atoms with Gasteiger partial charge in [-0.1, -0.05) is 24.3 Å². The summed E-state index contributed by atoms with van der Waals surface area (Å²) < 4.78 is 13.6. The van der Waals surface area contributed by atoms with Crippen LogP contribution in [0.3, 0.4) is 0 Å². The Labute approximate surface area is 258 Å². The van der Waals surface area contributed by atoms with Gasteiger partial charge in [-0.25, -0.2) is 19.4 Å². The monoisotopic (exact) mass is 604 g/mol. The number of likely N-dealkylation sites (N-methyl/N-ethyl adjacent to an activating group) is 1. The zero-order chi connectivity index (χ0) is 31.2. The van der Waals surface area contributed by atoms with E-state index in [4.69, 9.17) is 30.3 Å². The van der Waals surface area contributed by atoms with Gasteiger partial charge in [0, 0.05) is 32.2 Å². The number of rotatable bonds is 6. The lowest BCUT2D eigenvalue weighted by Gasteiger charge is -2.43. The number of nitrogens with two attached hydrogens (primary N) is 1. The Bertz CT molecular complexity index is 1530. The van der Waals surface area contributed by atoms with Crippen molar-refractivity contribution in [1.29, 1.82) is 0 Å². The van der Waals surface area contributed by atoms with E-state index in [0.717, 1.165) is 57.4 Å². The average molecular weight is 605 g/mol. The molecule has 12 nitrogen and oxygen atoms in total. The van der Waals surface area contributed by atoms with Crippen molar-refractivity contribution in [2.45, 2.75) is 90.1 Å². The van der Waals surface area contributed by atoms with Gasteiger partial charge in [-0.05, 0) is 77.3 Å². The number of nitrogens with zero attached hydrogens (tertiary/aromatic N) is 6. The summed E-state index contributed by atoms with van der Waals surface area (Å²) in [6.45, 7) is 9.59. The minimum absolute atomic E-state index is 0.118. The maximum absolute atomic E-state index is 12.9. The molecule has 3 aliphatic rings. The largest absolute Gasteiger partial charge is 0.444 e. The first-order valence-electron chi connectivity index (χ1n) is 15.7. The third-order valence-corrected chi connectivity index (χ3v) is 9.39. The Morgan fingerprint density at radius 3 is 2.64 bits per heavy atom. The molecule has 1 aromatic carbocycles. The predicted molar refractivity (Wildman–Crippen MR) is 167 cm³/mol. The Morgan fingerprint density at radius 2 is 1.95 bits per heavy atom. The third kappa shape index (κ3) is 5.67. The molecule has 3 atom stereocenters. The van der Waals surface area contributed by atoms with E-state index in [1.807, 2.05) is 31.5 Å². The Hall–Kier alpha value is -3.93. The average Bonchev–Trinajstić information content (AvgIpc) is 3.51. The number of benzene rings is 1. The van der Waals surface area contributed by atoms with E-state index in [2.05, 4.69) is 28.4 Å². The number of carbonyl (C=O) groups is 2. The summed E-state index contributed by atoms with van der Waals surface area (Å²) in [6.07, 6.45) is 6.69. The van der Waals surface area contributed by atoms with Crippen molar-refractivity contribution in [2.75, 3.05) is 36.5 Å². The molecule has 3 aromatic rings. The minimum Gasteiger partial charge on any atom is -0.444 e. The Kier molecular flexibility index (Phi) is 7.89. The first kappa shape index (κ1) is 30.1. The lowest BCUT2D eigenvalue weighted by molar-refractivity contribution is -0.118. The second-order valence-corrected chi connectivity index (χ2v) is 13.5. The normalized spacial score (nSPS) is 22.1. The van der Waals surface area contributed by atoms with E-state index in [0.29, 0.717) is 23.6 Å². The SMILES string of the molecule is CC(C(N)=O)N(C)c1nn(C2CCCCO2)c2nc(N3CCC4(CC3)Cc3ccccc3[C@H]4NC(=O)OC(C)(C)C)cnc12. The highest BCUT2D eigenvalue weighted by molar-refractivity contribution is 5.89. The van der Waals surface area contributed by atoms with Gasteiger partial charge >= 0.3 is 6.09 Å². The summed E-state index contributed by atoms with van der Waals surface area (Å²) in [5.74, 6) is 0.884. The van der Waals surface area contributed by atoms with Crippen LogP contribution in [0.2, 0.25) is 0 Å². The van der Waals surface area contributed by atoms with E-state index < -0.39 is 17.6 Å². The summed E-state index contributed by atoms with van der Waals surface area (Å²) >= 11 is 0. The zero-order valence-electron chi connectivity index (χ0n) is 26.4. The van der Waals surface area contributed by atoms with E-state index in [1.54, 1.807) is 25.1 Å². The van der Waals surface area contributed by atoms with Crippen LogP contribution in [-0.2, 0) is 20.7 Å². The fourth-order valence-electron chi connectivity index (χ4n) is 6.86. The number of ether oxygens (including phenoxy) is 2. The van der Waals surface area contributed by atoms with Crippen LogP contribution in [0.4, 0.5) is 16.4 Å². The highest BCUT2D eigenvalue weighted by Gasteiger charge is 2.49. The topological polar surface area (TPSA) is 141 Å². The molecular weight excluding hydrogens is 560 g/mol. The molecule has 236 valence electrons. The van der Waals surface area contributed by atoms with Gasteiger partial charge in [0.05, 0.1) is 12.2 Å². The molecule has 0 radical (unpaired) electrons. The molecule has 2 unspecified atom stereocenters. The van der Waals surface area contributed by atoms with Crippen molar-refractivity contribution in [3.8, 4) is 0 Å². The van der Waals surface area contributed by atoms with Gasteiger partial charge in [0.2, 0.25) is 5.91 Å². The maximum atomic E-state index is 12.9. The summed E-state index contributed by atoms with van der Waals surface area (Å²) in [5, 5.41) is 8.09. The lowest BCUT2D eigenvalue weighted by Crippen LogP contribution is -2.48. The molecule has 44 heavy (non-hydrogen) atoms. The molecule has 2 aliphatic heterocycles. The van der Waals surface area contributed by atoms with Crippen molar-refractivity contribution in [3.05, 3.63) is 41.6 Å². The van der Waals surface area contributed by atoms with Crippen molar-refractivity contribution in [1.82, 2.24) is 25.1 Å². The number of piperidine rings is 1. The van der Waals surface area contributed by atoms with Gasteiger partial charge < -0.3 is 30.3 Å². The van der Waals surface area contributed by atoms with E-state index in [1.165, 1.54) is 11.1 Å². The summed E-state index contributed by atoms with van der Waals surface area (Å²) in [6, 6.07) is 7.71. The number of nitrogens with one attached hydrogen (secondary N) is 1. The van der Waals surface area contributed by atoms with E-state index in [9.17, 15) is 9.59 Å². The lowest BCUT2D eigenvalue weighted by atomic mass is 9.72. The standard InChI is InChI=1S/C32H44N8O4/c1-20(27(33)41)38(5)29-25-28(40(37-29)24-12-8-9-17-43-24)35-23(19-34-25)39-15-13-32(14-16-39)18-21-10-6-7-11-22(21)26(32)36-30(42)44-31(2,3)4/h6-7,10-11,19-20,24,26H,8-9,12-18H2,1-5H3,(H2,33,41)(H,36,42)/t20?,24?,26-/m1/s1. The number of alkyl carbamates (subject to hydrolysis) is 1. The van der Waals surface area contributed by atoms with Gasteiger partial charge in [-0.3, -0.25) is 4.79 Å². The minimum atomic E-state index is -0.572. The van der Waals surface area contributed by atoms with Crippen LogP contribution in [0.1, 0.15) is 83.2 Å². The number of primary amides is 1. The van der Waals surface area contributed by atoms with Crippen molar-refractivity contribution < 1.29 is 19.1 Å². The van der Waals surface area contributed by atoms with Crippen LogP contribution in [0.25, 0.3) is 11.2 Å². The quantitative estimate of drug-likeness (QED) is 0.423. The number of fused-ring (bicyclic) bond motifs is 2. The molecule has 1 spiro atoms. The molecule has 2 saturated heterocycles. The van der Waals surface area contributed by atoms with Crippen molar-refractivity contribution >= 4 is 34.8 Å². The van der Waals surface area contributed by atoms with Gasteiger partial charge in [0.25, 0.3) is 0 Å². The van der Waals surface area contributed by atoms with Crippen LogP contribution >= 0.6 is 0 Å². The first-order valence-corrected chi connectivity index (χ1v) is 15.7. The van der Waals surface area contributed by atoms with Crippen LogP contribution < -0.4 is 20.9 Å². The molecule has 6 rings (SSSR count). The van der Waals surface area contributed by atoms with Crippen LogP contribution in [0.5, 0.6) is 0 Å². The molecule has 1 aliphatic carbocycles. The molecular formula is C32H44N8O4. The summed E-state index contributed by atoms with van der Waals surface area (Å²) in [4.78, 5) is 38.9. The molecule has 2 amide bonds. The maximum Gasteiger partial charge on any atom is 0.408 e. The third-order valence-electron chi connectivity index (χ3n) is 9.39. The molecule has 2 aromatic heterocycles. The summed E-state index contributed by atoms with van der Waals surface area (Å²) in [5.41, 5.74) is 8.62. The Balaban J connectivity index is 1.27. The number of anilines is 2. The first-order chi connectivity index (χ1) is 21.0. The van der Waals surface area contributed by atoms with Gasteiger partial charge in [-0.2, -0.15) is 0 Å². The molecule has 0 saturated carbocycles. The van der Waals surface area contributed by atoms with Gasteiger partial charge in [0.1, 0.15) is 17.5 Å². The number of hydrogen-bond acceptors (Lipinski definition) is 9. The Morgan fingerprint density at radius 1 is 1.20 bits per heavy atom. The van der Waals surface area contributed by atoms with Crippen molar-refractivity contribution in [2.24, 2.45) is 11.1 Å². The number of amides is 2. The fraction of sp³-hybridized carbons (Fsp3) is 0.594. The zero-order valence-corrected chi connectivity index (χ0v) is 26.4. The second-order valence-electron chi connectivity index (χ2n) is 13.5. The van der Waals surface area contributed by atoms with E-state index in [-0.39, 0.29) is 23.8 Å². The molecule has 0 bridgehead atoms. The highest BCUT2D eigenvalue weighted by atomic mass is 16.6. The predicted octanol–water partition coefficient (Wildman–Crippen LogP) is 4.24. The number of carbonyl (C=O) groups excluding carboxylic acids is 2. The summed E-state index contributed by atoms with van der Waals surface area (Å²) in [7, 11) is 1.80. The molecule has 4 heterocycles. The van der Waals surface area contributed by atoms with Crippen molar-refractivity contribution in [3.63, 3.8) is 0 Å².